The van der Waals surface area contributed by atoms with Crippen molar-refractivity contribution in [1.29, 1.82) is 0 Å². The van der Waals surface area contributed by atoms with Gasteiger partial charge in [-0.2, -0.15) is 0 Å². The molecule has 5 heteroatoms. The molecule has 0 aromatic heterocycles. The van der Waals surface area contributed by atoms with Crippen LogP contribution >= 0.6 is 0 Å². The van der Waals surface area contributed by atoms with Crippen LogP contribution in [0.5, 0.6) is 0 Å². The predicted octanol–water partition coefficient (Wildman–Crippen LogP) is 2.07. The molecule has 0 bridgehead atoms. The van der Waals surface area contributed by atoms with E-state index in [1.807, 2.05) is 0 Å². The number of alkyl halides is 2. The largest absolute Gasteiger partial charge is 0.475 e. The molecule has 0 saturated carbocycles. The van der Waals surface area contributed by atoms with E-state index in [4.69, 9.17) is 5.11 Å². The van der Waals surface area contributed by atoms with E-state index in [0.717, 1.165) is 12.1 Å². The molecule has 0 heterocycles. The number of halogens is 2. The molecule has 0 unspecified atom stereocenters. The standard InChI is InChI=1S/C10H8F2O3/c1-10(11,12)7-5-3-2-4-6(7)8(13)9(14)15/h2-5H,1H3,(H,14,15). The van der Waals surface area contributed by atoms with E-state index >= 15 is 0 Å². The Morgan fingerprint density at radius 3 is 2.27 bits per heavy atom. The fourth-order valence-corrected chi connectivity index (χ4v) is 1.18. The van der Waals surface area contributed by atoms with Gasteiger partial charge in [-0.05, 0) is 0 Å². The van der Waals surface area contributed by atoms with Crippen LogP contribution in [0.2, 0.25) is 0 Å². The number of carbonyl (C=O) groups excluding carboxylic acids is 1. The van der Waals surface area contributed by atoms with Gasteiger partial charge < -0.3 is 5.11 Å². The van der Waals surface area contributed by atoms with Crippen molar-refractivity contribution in [1.82, 2.24) is 0 Å². The number of hydrogen-bond donors (Lipinski definition) is 1. The molecule has 1 rings (SSSR count). The van der Waals surface area contributed by atoms with E-state index in [1.165, 1.54) is 12.1 Å². The molecule has 80 valence electrons. The van der Waals surface area contributed by atoms with E-state index in [0.29, 0.717) is 6.92 Å². The van der Waals surface area contributed by atoms with Crippen LogP contribution in [-0.4, -0.2) is 16.9 Å². The summed E-state index contributed by atoms with van der Waals surface area (Å²) in [5, 5.41) is 8.43. The highest BCUT2D eigenvalue weighted by molar-refractivity contribution is 6.40. The maximum absolute atomic E-state index is 13.0. The van der Waals surface area contributed by atoms with Crippen LogP contribution in [0.25, 0.3) is 0 Å². The van der Waals surface area contributed by atoms with Crippen LogP contribution in [0.3, 0.4) is 0 Å². The van der Waals surface area contributed by atoms with Crippen LogP contribution in [0, 0.1) is 0 Å². The number of ketones is 1. The lowest BCUT2D eigenvalue weighted by Crippen LogP contribution is -2.19. The first kappa shape index (κ1) is 11.3. The summed E-state index contributed by atoms with van der Waals surface area (Å²) in [4.78, 5) is 21.5. The number of Topliss-reactive ketones (excluding diaryl/α,β-unsaturated/α-hetero) is 1. The molecule has 1 aromatic carbocycles. The van der Waals surface area contributed by atoms with Crippen LogP contribution in [0.15, 0.2) is 24.3 Å². The van der Waals surface area contributed by atoms with Crippen LogP contribution in [-0.2, 0) is 10.7 Å². The predicted molar refractivity (Wildman–Crippen MR) is 48.0 cm³/mol. The third kappa shape index (κ3) is 2.37. The molecule has 15 heavy (non-hydrogen) atoms. The molecule has 0 spiro atoms. The minimum Gasteiger partial charge on any atom is -0.475 e. The van der Waals surface area contributed by atoms with Crippen molar-refractivity contribution in [3.05, 3.63) is 35.4 Å². The normalized spacial score (nSPS) is 11.1. The minimum absolute atomic E-state index is 0.475. The maximum atomic E-state index is 13.0. The quantitative estimate of drug-likeness (QED) is 0.619. The summed E-state index contributed by atoms with van der Waals surface area (Å²) in [5.74, 6) is -6.30. The lowest BCUT2D eigenvalue weighted by atomic mass is 9.99. The lowest BCUT2D eigenvalue weighted by molar-refractivity contribution is -0.131. The van der Waals surface area contributed by atoms with Gasteiger partial charge in [-0.3, -0.25) is 4.79 Å². The Morgan fingerprint density at radius 2 is 1.80 bits per heavy atom. The first-order valence-electron chi connectivity index (χ1n) is 4.09. The zero-order valence-electron chi connectivity index (χ0n) is 7.83. The van der Waals surface area contributed by atoms with Gasteiger partial charge in [0.2, 0.25) is 0 Å². The number of aliphatic carboxylic acids is 1. The summed E-state index contributed by atoms with van der Waals surface area (Å²) in [6.45, 7) is 0.612. The van der Waals surface area contributed by atoms with Crippen molar-refractivity contribution in [2.24, 2.45) is 0 Å². The Labute approximate surface area is 84.3 Å². The monoisotopic (exact) mass is 214 g/mol. The van der Waals surface area contributed by atoms with Crippen molar-refractivity contribution in [3.63, 3.8) is 0 Å². The van der Waals surface area contributed by atoms with Gasteiger partial charge in [0.25, 0.3) is 11.7 Å². The SMILES string of the molecule is CC(F)(F)c1ccccc1C(=O)C(=O)O. The molecule has 1 N–H and O–H groups in total. The second-order valence-electron chi connectivity index (χ2n) is 3.07. The number of carbonyl (C=O) groups is 2. The average molecular weight is 214 g/mol. The molecule has 1 aromatic rings. The molecule has 0 aliphatic rings. The van der Waals surface area contributed by atoms with Crippen LogP contribution in [0.4, 0.5) is 8.78 Å². The van der Waals surface area contributed by atoms with Crippen LogP contribution < -0.4 is 0 Å². The summed E-state index contributed by atoms with van der Waals surface area (Å²) in [5.41, 5.74) is -1.05. The van der Waals surface area contributed by atoms with E-state index < -0.39 is 28.8 Å². The van der Waals surface area contributed by atoms with Gasteiger partial charge in [0, 0.05) is 18.1 Å². The second-order valence-corrected chi connectivity index (χ2v) is 3.07. The van der Waals surface area contributed by atoms with Gasteiger partial charge in [0.05, 0.1) is 0 Å². The van der Waals surface area contributed by atoms with Gasteiger partial charge in [-0.15, -0.1) is 0 Å². The Bertz CT molecular complexity index is 407. The number of carboxylic acids is 1. The molecule has 0 aliphatic carbocycles. The van der Waals surface area contributed by atoms with Crippen molar-refractivity contribution in [2.45, 2.75) is 12.8 Å². The van der Waals surface area contributed by atoms with Crippen molar-refractivity contribution in [2.75, 3.05) is 0 Å². The zero-order valence-corrected chi connectivity index (χ0v) is 7.83. The lowest BCUT2D eigenvalue weighted by Gasteiger charge is -2.13. The topological polar surface area (TPSA) is 54.4 Å². The maximum Gasteiger partial charge on any atom is 0.377 e. The number of benzene rings is 1. The minimum atomic E-state index is -3.23. The summed E-state index contributed by atoms with van der Waals surface area (Å²) in [7, 11) is 0. The summed E-state index contributed by atoms with van der Waals surface area (Å²) >= 11 is 0. The molecule has 0 amide bonds. The number of hydrogen-bond acceptors (Lipinski definition) is 2. The average Bonchev–Trinajstić information content (AvgIpc) is 2.15. The first-order chi connectivity index (χ1) is 6.84. The number of carboxylic acid groups (broad SMARTS) is 1. The second kappa shape index (κ2) is 3.76. The molecule has 0 fully saturated rings. The Morgan fingerprint density at radius 1 is 1.27 bits per heavy atom. The Kier molecular flexibility index (Phi) is 2.83. The fourth-order valence-electron chi connectivity index (χ4n) is 1.18. The molecule has 3 nitrogen and oxygen atoms in total. The summed E-state index contributed by atoms with van der Waals surface area (Å²) < 4.78 is 26.0. The van der Waals surface area contributed by atoms with Crippen molar-refractivity contribution >= 4 is 11.8 Å². The van der Waals surface area contributed by atoms with Gasteiger partial charge in [-0.1, -0.05) is 24.3 Å². The highest BCUT2D eigenvalue weighted by Gasteiger charge is 2.31. The molecule has 0 aliphatic heterocycles. The van der Waals surface area contributed by atoms with Gasteiger partial charge >= 0.3 is 5.97 Å². The summed E-state index contributed by atoms with van der Waals surface area (Å²) in [6, 6.07) is 4.77. The Balaban J connectivity index is 3.31. The van der Waals surface area contributed by atoms with E-state index in [1.54, 1.807) is 0 Å². The summed E-state index contributed by atoms with van der Waals surface area (Å²) in [6.07, 6.45) is 0. The first-order valence-corrected chi connectivity index (χ1v) is 4.09. The molecule has 0 atom stereocenters. The fraction of sp³-hybridized carbons (Fsp3) is 0.200. The molecule has 0 saturated heterocycles. The van der Waals surface area contributed by atoms with Crippen molar-refractivity contribution < 1.29 is 23.5 Å². The van der Waals surface area contributed by atoms with E-state index in [9.17, 15) is 18.4 Å². The van der Waals surface area contributed by atoms with Crippen molar-refractivity contribution in [3.8, 4) is 0 Å². The van der Waals surface area contributed by atoms with Gasteiger partial charge in [0.15, 0.2) is 0 Å². The van der Waals surface area contributed by atoms with E-state index in [2.05, 4.69) is 0 Å². The molecular weight excluding hydrogens is 206 g/mol. The molecule has 0 radical (unpaired) electrons. The number of rotatable bonds is 3. The van der Waals surface area contributed by atoms with E-state index in [-0.39, 0.29) is 0 Å². The van der Waals surface area contributed by atoms with Gasteiger partial charge in [-0.25, -0.2) is 13.6 Å². The third-order valence-electron chi connectivity index (χ3n) is 1.84. The highest BCUT2D eigenvalue weighted by Crippen LogP contribution is 2.29. The Hall–Kier alpha value is -1.78. The highest BCUT2D eigenvalue weighted by atomic mass is 19.3. The van der Waals surface area contributed by atoms with Crippen LogP contribution in [0.1, 0.15) is 22.8 Å². The molecular formula is C10H8F2O3. The smallest absolute Gasteiger partial charge is 0.377 e. The third-order valence-corrected chi connectivity index (χ3v) is 1.84. The zero-order chi connectivity index (χ0) is 11.6. The van der Waals surface area contributed by atoms with Gasteiger partial charge in [0.1, 0.15) is 0 Å².